The molecule has 2 rings (SSSR count). The van der Waals surface area contributed by atoms with E-state index in [0.717, 1.165) is 16.4 Å². The maximum atomic E-state index is 11.7. The molecule has 1 heterocycles. The van der Waals surface area contributed by atoms with Crippen LogP contribution in [0.25, 0.3) is 0 Å². The van der Waals surface area contributed by atoms with Gasteiger partial charge in [-0.25, -0.2) is 0 Å². The van der Waals surface area contributed by atoms with Crippen LogP contribution in [0.5, 0.6) is 0 Å². The van der Waals surface area contributed by atoms with E-state index in [1.807, 2.05) is 24.3 Å². The summed E-state index contributed by atoms with van der Waals surface area (Å²) >= 11 is 8.35. The van der Waals surface area contributed by atoms with Gasteiger partial charge in [-0.1, -0.05) is 15.9 Å². The van der Waals surface area contributed by atoms with Crippen LogP contribution in [0.15, 0.2) is 41.3 Å². The van der Waals surface area contributed by atoms with Crippen molar-refractivity contribution in [2.45, 2.75) is 6.54 Å². The van der Waals surface area contributed by atoms with E-state index in [9.17, 15) is 14.9 Å². The molecule has 0 unspecified atom stereocenters. The fourth-order valence-corrected chi connectivity index (χ4v) is 1.99. The van der Waals surface area contributed by atoms with Gasteiger partial charge in [0.05, 0.1) is 0 Å². The molecule has 0 atom stereocenters. The van der Waals surface area contributed by atoms with Crippen LogP contribution in [-0.2, 0) is 11.3 Å². The molecule has 0 aliphatic rings. The maximum Gasteiger partial charge on any atom is 0.381 e. The van der Waals surface area contributed by atoms with Crippen LogP contribution in [0, 0.1) is 10.1 Å². The molecule has 3 N–H and O–H groups in total. The third-order valence-corrected chi connectivity index (χ3v) is 3.28. The molecular formula is C12H11BrN6O3S. The monoisotopic (exact) mass is 398 g/mol. The van der Waals surface area contributed by atoms with Crippen molar-refractivity contribution in [3.05, 3.63) is 51.4 Å². The fourth-order valence-electron chi connectivity index (χ4n) is 1.56. The summed E-state index contributed by atoms with van der Waals surface area (Å²) in [4.78, 5) is 25.1. The molecule has 1 aromatic heterocycles. The molecule has 0 saturated heterocycles. The van der Waals surface area contributed by atoms with E-state index in [-0.39, 0.29) is 17.5 Å². The highest BCUT2D eigenvalue weighted by Gasteiger charge is 2.12. The number of thiocarbonyl (C=S) groups is 1. The summed E-state index contributed by atoms with van der Waals surface area (Å²) in [5.74, 6) is -0.754. The summed E-state index contributed by atoms with van der Waals surface area (Å²) in [5, 5.41) is 13.6. The number of hydrogen-bond acceptors (Lipinski definition) is 5. The first-order valence-electron chi connectivity index (χ1n) is 6.21. The molecule has 0 spiro atoms. The normalized spacial score (nSPS) is 9.96. The molecule has 23 heavy (non-hydrogen) atoms. The summed E-state index contributed by atoms with van der Waals surface area (Å²) in [5.41, 5.74) is 5.67. The first kappa shape index (κ1) is 16.8. The van der Waals surface area contributed by atoms with Crippen LogP contribution in [0.4, 0.5) is 11.5 Å². The molecule has 9 nitrogen and oxygen atoms in total. The van der Waals surface area contributed by atoms with Gasteiger partial charge in [-0.2, -0.15) is 0 Å². The van der Waals surface area contributed by atoms with Gasteiger partial charge in [-0.15, -0.1) is 0 Å². The van der Waals surface area contributed by atoms with Crippen molar-refractivity contribution >= 4 is 50.7 Å². The van der Waals surface area contributed by atoms with Crippen molar-refractivity contribution < 1.29 is 9.72 Å². The number of anilines is 1. The first-order valence-corrected chi connectivity index (χ1v) is 7.42. The average Bonchev–Trinajstić information content (AvgIpc) is 2.96. The summed E-state index contributed by atoms with van der Waals surface area (Å²) in [6, 6.07) is 7.31. The van der Waals surface area contributed by atoms with Crippen LogP contribution in [0.1, 0.15) is 0 Å². The number of rotatable bonds is 4. The lowest BCUT2D eigenvalue weighted by atomic mass is 10.3. The minimum atomic E-state index is -0.635. The Morgan fingerprint density at radius 1 is 1.35 bits per heavy atom. The number of nitrogens with zero attached hydrogens (tertiary/aromatic N) is 3. The Balaban J connectivity index is 1.78. The predicted molar refractivity (Wildman–Crippen MR) is 90.5 cm³/mol. The summed E-state index contributed by atoms with van der Waals surface area (Å²) < 4.78 is 2.23. The Hall–Kier alpha value is -2.53. The van der Waals surface area contributed by atoms with E-state index in [0.29, 0.717) is 0 Å². The van der Waals surface area contributed by atoms with Gasteiger partial charge in [0.15, 0.2) is 5.11 Å². The molecule has 0 saturated carbocycles. The molecule has 0 aliphatic heterocycles. The van der Waals surface area contributed by atoms with E-state index < -0.39 is 10.8 Å². The van der Waals surface area contributed by atoms with Crippen molar-refractivity contribution in [3.8, 4) is 0 Å². The minimum absolute atomic E-state index is 0.130. The van der Waals surface area contributed by atoms with Gasteiger partial charge >= 0.3 is 5.82 Å². The molecule has 0 fully saturated rings. The maximum absolute atomic E-state index is 11.7. The van der Waals surface area contributed by atoms with Gasteiger partial charge in [0.25, 0.3) is 5.91 Å². The fraction of sp³-hybridized carbons (Fsp3) is 0.0833. The molecule has 0 aliphatic carbocycles. The van der Waals surface area contributed by atoms with Gasteiger partial charge in [0, 0.05) is 10.2 Å². The second-order valence-corrected chi connectivity index (χ2v) is 5.62. The van der Waals surface area contributed by atoms with Crippen LogP contribution in [0.3, 0.4) is 0 Å². The molecule has 2 aromatic rings. The van der Waals surface area contributed by atoms with Gasteiger partial charge in [-0.3, -0.25) is 15.6 Å². The number of benzene rings is 1. The zero-order valence-electron chi connectivity index (χ0n) is 11.5. The van der Waals surface area contributed by atoms with E-state index in [4.69, 9.17) is 12.2 Å². The second-order valence-electron chi connectivity index (χ2n) is 4.30. The quantitative estimate of drug-likeness (QED) is 0.406. The average molecular weight is 399 g/mol. The van der Waals surface area contributed by atoms with Crippen molar-refractivity contribution in [2.75, 3.05) is 5.32 Å². The third kappa shape index (κ3) is 5.30. The highest BCUT2D eigenvalue weighted by molar-refractivity contribution is 9.10. The van der Waals surface area contributed by atoms with Crippen molar-refractivity contribution in [1.82, 2.24) is 20.4 Å². The van der Waals surface area contributed by atoms with Gasteiger partial charge in [0.1, 0.15) is 12.7 Å². The molecule has 1 aromatic carbocycles. The van der Waals surface area contributed by atoms with E-state index in [1.54, 1.807) is 0 Å². The Labute approximate surface area is 144 Å². The zero-order valence-corrected chi connectivity index (χ0v) is 13.9. The number of imidazole rings is 1. The minimum Gasteiger partial charge on any atom is -0.358 e. The van der Waals surface area contributed by atoms with Gasteiger partial charge < -0.3 is 20.0 Å². The van der Waals surface area contributed by atoms with Gasteiger partial charge in [-0.05, 0) is 46.4 Å². The number of amides is 1. The van der Waals surface area contributed by atoms with E-state index in [2.05, 4.69) is 37.1 Å². The lowest BCUT2D eigenvalue weighted by molar-refractivity contribution is -0.389. The molecule has 120 valence electrons. The summed E-state index contributed by atoms with van der Waals surface area (Å²) in [6.07, 6.45) is 2.37. The highest BCUT2D eigenvalue weighted by Crippen LogP contribution is 2.13. The lowest BCUT2D eigenvalue weighted by Crippen LogP contribution is -2.44. The van der Waals surface area contributed by atoms with Crippen molar-refractivity contribution in [2.24, 2.45) is 0 Å². The number of aromatic nitrogens is 2. The van der Waals surface area contributed by atoms with Crippen molar-refractivity contribution in [3.63, 3.8) is 0 Å². The number of carbonyl (C=O) groups is 1. The Morgan fingerprint density at radius 3 is 2.65 bits per heavy atom. The highest BCUT2D eigenvalue weighted by atomic mass is 79.9. The topological polar surface area (TPSA) is 114 Å². The number of halogens is 1. The zero-order chi connectivity index (χ0) is 16.8. The lowest BCUT2D eigenvalue weighted by Gasteiger charge is -2.11. The molecule has 11 heteroatoms. The Morgan fingerprint density at radius 2 is 2.04 bits per heavy atom. The molecule has 0 radical (unpaired) electrons. The molecule has 1 amide bonds. The van der Waals surface area contributed by atoms with Gasteiger partial charge in [0.2, 0.25) is 6.33 Å². The number of hydrogen-bond donors (Lipinski definition) is 3. The first-order chi connectivity index (χ1) is 10.9. The largest absolute Gasteiger partial charge is 0.381 e. The Bertz CT molecular complexity index is 733. The van der Waals surface area contributed by atoms with Crippen LogP contribution in [-0.4, -0.2) is 25.5 Å². The number of carbonyl (C=O) groups excluding carboxylic acids is 1. The van der Waals surface area contributed by atoms with Crippen LogP contribution >= 0.6 is 28.1 Å². The molecular weight excluding hydrogens is 388 g/mol. The number of nitrogens with one attached hydrogen (secondary N) is 3. The smallest absolute Gasteiger partial charge is 0.358 e. The predicted octanol–water partition coefficient (Wildman–Crippen LogP) is 1.57. The van der Waals surface area contributed by atoms with Crippen LogP contribution in [0.2, 0.25) is 0 Å². The number of hydrazine groups is 1. The summed E-state index contributed by atoms with van der Waals surface area (Å²) in [6.45, 7) is -0.130. The Kier molecular flexibility index (Phi) is 5.60. The third-order valence-electron chi connectivity index (χ3n) is 2.55. The van der Waals surface area contributed by atoms with E-state index >= 15 is 0 Å². The van der Waals surface area contributed by atoms with Crippen molar-refractivity contribution in [1.29, 1.82) is 0 Å². The number of nitro groups is 1. The summed E-state index contributed by atoms with van der Waals surface area (Å²) in [7, 11) is 0. The SMILES string of the molecule is O=C(Cn1cnc([N+](=O)[O-])c1)NNC(=S)Nc1ccc(Br)cc1. The van der Waals surface area contributed by atoms with Crippen LogP contribution < -0.4 is 16.2 Å². The second kappa shape index (κ2) is 7.65. The van der Waals surface area contributed by atoms with E-state index in [1.165, 1.54) is 10.9 Å². The molecule has 0 bridgehead atoms. The standard InChI is InChI=1S/C12H11BrN6O3S/c13-8-1-3-9(4-2-8)15-12(23)17-16-11(20)6-18-5-10(14-7-18)19(21)22/h1-5,7H,6H2,(H,16,20)(H2,15,17,23).